The van der Waals surface area contributed by atoms with Crippen LogP contribution in [0.25, 0.3) is 0 Å². The second-order valence-corrected chi connectivity index (χ2v) is 7.69. The van der Waals surface area contributed by atoms with Gasteiger partial charge in [-0.05, 0) is 6.42 Å². The first-order valence-electron chi connectivity index (χ1n) is 9.43. The summed E-state index contributed by atoms with van der Waals surface area (Å²) in [6.45, 7) is -0.713. The second kappa shape index (κ2) is 7.71. The van der Waals surface area contributed by atoms with Crippen molar-refractivity contribution < 1.29 is 58.4 Å². The number of carbonyl (C=O) groups is 2. The summed E-state index contributed by atoms with van der Waals surface area (Å²) in [6.07, 6.45) is -5.65. The average Bonchev–Trinajstić information content (AvgIpc) is 3.36. The molecule has 0 aromatic carbocycles. The molecule has 0 unspecified atom stereocenters. The fourth-order valence-electron chi connectivity index (χ4n) is 4.00. The van der Waals surface area contributed by atoms with Crippen molar-refractivity contribution in [2.24, 2.45) is 0 Å². The second-order valence-electron chi connectivity index (χ2n) is 7.69. The van der Waals surface area contributed by atoms with E-state index in [1.54, 1.807) is 0 Å². The van der Waals surface area contributed by atoms with Gasteiger partial charge >= 0.3 is 11.9 Å². The molecule has 0 aliphatic carbocycles. The number of aliphatic hydroxyl groups is 4. The van der Waals surface area contributed by atoms with E-state index in [0.29, 0.717) is 0 Å². The third kappa shape index (κ3) is 3.86. The molecule has 4 aliphatic rings. The molecule has 0 amide bonds. The topological polar surface area (TPSA) is 170 Å². The van der Waals surface area contributed by atoms with Crippen LogP contribution in [0.1, 0.15) is 19.3 Å². The minimum Gasteiger partial charge on any atom is -0.428 e. The van der Waals surface area contributed by atoms with Crippen molar-refractivity contribution >= 4 is 11.9 Å². The molecular formula is C17H24O12. The molecule has 0 radical (unpaired) electrons. The number of esters is 2. The summed E-state index contributed by atoms with van der Waals surface area (Å²) in [4.78, 5) is 24.0. The minimum atomic E-state index is -1.99. The Balaban J connectivity index is 1.20. The molecule has 4 rings (SSSR count). The molecule has 4 saturated heterocycles. The Morgan fingerprint density at radius 1 is 0.793 bits per heavy atom. The van der Waals surface area contributed by atoms with Crippen molar-refractivity contribution in [1.82, 2.24) is 0 Å². The number of carbonyl (C=O) groups excluding carboxylic acids is 2. The van der Waals surface area contributed by atoms with Crippen LogP contribution in [0, 0.1) is 0 Å². The lowest BCUT2D eigenvalue weighted by Gasteiger charge is -2.27. The van der Waals surface area contributed by atoms with Crippen molar-refractivity contribution in [2.75, 3.05) is 26.4 Å². The van der Waals surface area contributed by atoms with Gasteiger partial charge in [-0.3, -0.25) is 9.59 Å². The van der Waals surface area contributed by atoms with Crippen LogP contribution < -0.4 is 0 Å². The third-order valence-corrected chi connectivity index (χ3v) is 5.45. The number of ether oxygens (including phenoxy) is 6. The van der Waals surface area contributed by atoms with Gasteiger partial charge < -0.3 is 48.8 Å². The van der Waals surface area contributed by atoms with E-state index in [9.17, 15) is 30.0 Å². The lowest BCUT2D eigenvalue weighted by molar-refractivity contribution is -0.238. The number of aliphatic hydroxyl groups excluding tert-OH is 2. The fourth-order valence-corrected chi connectivity index (χ4v) is 4.00. The molecule has 4 heterocycles. The van der Waals surface area contributed by atoms with Crippen LogP contribution in [0.4, 0.5) is 0 Å². The van der Waals surface area contributed by atoms with Gasteiger partial charge in [-0.2, -0.15) is 0 Å². The molecular weight excluding hydrogens is 396 g/mol. The molecule has 12 heteroatoms. The van der Waals surface area contributed by atoms with E-state index < -0.39 is 60.1 Å². The van der Waals surface area contributed by atoms with Gasteiger partial charge in [-0.1, -0.05) is 0 Å². The van der Waals surface area contributed by atoms with Crippen molar-refractivity contribution in [3.05, 3.63) is 0 Å². The SMILES string of the molecule is O=C(CCCC(=O)O[C@@]1(O)CO[C@@H]2[C@H](O)CO[C@@H]21)O[C@@]1(O)CO[C@@H]2[C@H](O)CO[C@@H]21. The van der Waals surface area contributed by atoms with Gasteiger partial charge in [-0.15, -0.1) is 0 Å². The van der Waals surface area contributed by atoms with Gasteiger partial charge in [0.25, 0.3) is 11.6 Å². The summed E-state index contributed by atoms with van der Waals surface area (Å²) < 4.78 is 31.0. The summed E-state index contributed by atoms with van der Waals surface area (Å²) in [5, 5.41) is 40.2. The standard InChI is InChI=1S/C17H24O12/c18-8-4-24-14-12(8)26-6-16(14,22)28-10(20)2-1-3-11(21)29-17(23)7-27-13-9(19)5-25-15(13)17/h8-9,12-15,18-19,22-23H,1-7H2/t8-,9-,12-,13-,14+,15+,16+,17+/m1/s1. The highest BCUT2D eigenvalue weighted by atomic mass is 16.7. The first-order valence-corrected chi connectivity index (χ1v) is 9.43. The molecule has 0 saturated carbocycles. The smallest absolute Gasteiger partial charge is 0.308 e. The van der Waals surface area contributed by atoms with Crippen molar-refractivity contribution in [2.45, 2.75) is 67.5 Å². The zero-order valence-corrected chi connectivity index (χ0v) is 15.5. The largest absolute Gasteiger partial charge is 0.428 e. The molecule has 29 heavy (non-hydrogen) atoms. The normalized spacial score (nSPS) is 45.8. The van der Waals surface area contributed by atoms with E-state index in [0.717, 1.165) is 0 Å². The van der Waals surface area contributed by atoms with E-state index in [1.807, 2.05) is 0 Å². The van der Waals surface area contributed by atoms with Gasteiger partial charge in [0.05, 0.1) is 13.2 Å². The zero-order valence-electron chi connectivity index (χ0n) is 15.5. The molecule has 8 atom stereocenters. The Bertz CT molecular complexity index is 602. The first-order chi connectivity index (χ1) is 13.7. The number of hydrogen-bond donors (Lipinski definition) is 4. The molecule has 4 fully saturated rings. The maximum absolute atomic E-state index is 12.0. The van der Waals surface area contributed by atoms with Crippen LogP contribution in [0.15, 0.2) is 0 Å². The quantitative estimate of drug-likeness (QED) is 0.253. The van der Waals surface area contributed by atoms with E-state index >= 15 is 0 Å². The summed E-state index contributed by atoms with van der Waals surface area (Å²) >= 11 is 0. The highest BCUT2D eigenvalue weighted by Gasteiger charge is 2.59. The van der Waals surface area contributed by atoms with Crippen molar-refractivity contribution in [3.8, 4) is 0 Å². The van der Waals surface area contributed by atoms with E-state index in [1.165, 1.54) is 0 Å². The highest BCUT2D eigenvalue weighted by molar-refractivity contribution is 5.73. The summed E-state index contributed by atoms with van der Waals surface area (Å²) in [5.41, 5.74) is 0. The van der Waals surface area contributed by atoms with Gasteiger partial charge in [0.2, 0.25) is 0 Å². The van der Waals surface area contributed by atoms with Crippen LogP contribution in [0.3, 0.4) is 0 Å². The Morgan fingerprint density at radius 3 is 1.62 bits per heavy atom. The zero-order chi connectivity index (χ0) is 20.8. The summed E-state index contributed by atoms with van der Waals surface area (Å²) in [6, 6.07) is 0. The molecule has 4 N–H and O–H groups in total. The lowest BCUT2D eigenvalue weighted by atomic mass is 10.1. The predicted molar refractivity (Wildman–Crippen MR) is 86.9 cm³/mol. The van der Waals surface area contributed by atoms with Crippen LogP contribution in [-0.2, 0) is 38.0 Å². The van der Waals surface area contributed by atoms with Crippen LogP contribution in [0.2, 0.25) is 0 Å². The average molecular weight is 420 g/mol. The first kappa shape index (κ1) is 20.9. The predicted octanol–water partition coefficient (Wildman–Crippen LogP) is -3.06. The minimum absolute atomic E-state index is 0.0315. The summed E-state index contributed by atoms with van der Waals surface area (Å²) in [7, 11) is 0. The van der Waals surface area contributed by atoms with Crippen LogP contribution >= 0.6 is 0 Å². The Kier molecular flexibility index (Phi) is 5.55. The van der Waals surface area contributed by atoms with Crippen molar-refractivity contribution in [1.29, 1.82) is 0 Å². The molecule has 0 spiro atoms. The fraction of sp³-hybridized carbons (Fsp3) is 0.882. The maximum atomic E-state index is 12.0. The van der Waals surface area contributed by atoms with Crippen molar-refractivity contribution in [3.63, 3.8) is 0 Å². The molecule has 0 aromatic rings. The van der Waals surface area contributed by atoms with Gasteiger partial charge in [-0.25, -0.2) is 0 Å². The molecule has 0 bridgehead atoms. The Labute approximate surface area is 165 Å². The molecule has 0 aromatic heterocycles. The number of fused-ring (bicyclic) bond motifs is 2. The Hall–Kier alpha value is -1.38. The Morgan fingerprint density at radius 2 is 1.21 bits per heavy atom. The monoisotopic (exact) mass is 420 g/mol. The maximum Gasteiger partial charge on any atom is 0.308 e. The highest BCUT2D eigenvalue weighted by Crippen LogP contribution is 2.36. The van der Waals surface area contributed by atoms with Gasteiger partial charge in [0.15, 0.2) is 12.2 Å². The molecule has 164 valence electrons. The van der Waals surface area contributed by atoms with E-state index in [2.05, 4.69) is 0 Å². The molecule has 12 nitrogen and oxygen atoms in total. The van der Waals surface area contributed by atoms with Crippen LogP contribution in [-0.4, -0.2) is 107 Å². The van der Waals surface area contributed by atoms with Gasteiger partial charge in [0, 0.05) is 12.8 Å². The van der Waals surface area contributed by atoms with Gasteiger partial charge in [0.1, 0.15) is 37.6 Å². The number of rotatable bonds is 6. The third-order valence-electron chi connectivity index (χ3n) is 5.45. The number of hydrogen-bond acceptors (Lipinski definition) is 12. The van der Waals surface area contributed by atoms with E-state index in [-0.39, 0.29) is 45.7 Å². The molecule has 4 aliphatic heterocycles. The lowest BCUT2D eigenvalue weighted by Crippen LogP contribution is -2.47. The summed E-state index contributed by atoms with van der Waals surface area (Å²) in [5.74, 6) is -5.54. The van der Waals surface area contributed by atoms with E-state index in [4.69, 9.17) is 28.4 Å². The van der Waals surface area contributed by atoms with Crippen LogP contribution in [0.5, 0.6) is 0 Å².